The van der Waals surface area contributed by atoms with Crippen molar-refractivity contribution in [3.63, 3.8) is 0 Å². The lowest BCUT2D eigenvalue weighted by atomic mass is 10.2. The first kappa shape index (κ1) is 21.3. The summed E-state index contributed by atoms with van der Waals surface area (Å²) in [6, 6.07) is 10.7. The van der Waals surface area contributed by atoms with Crippen molar-refractivity contribution in [1.29, 1.82) is 0 Å². The number of benzene rings is 1. The van der Waals surface area contributed by atoms with Crippen LogP contribution in [-0.4, -0.2) is 58.1 Å². The molecule has 0 radical (unpaired) electrons. The molecule has 8 nitrogen and oxygen atoms in total. The van der Waals surface area contributed by atoms with E-state index in [0.29, 0.717) is 61.4 Å². The molecule has 0 bridgehead atoms. The predicted molar refractivity (Wildman–Crippen MR) is 119 cm³/mol. The van der Waals surface area contributed by atoms with Gasteiger partial charge in [-0.1, -0.05) is 28.9 Å². The Labute approximate surface area is 188 Å². The molecule has 1 aromatic carbocycles. The van der Waals surface area contributed by atoms with E-state index in [1.165, 1.54) is 11.3 Å². The molecule has 1 N–H and O–H groups in total. The Hall–Kier alpha value is -2.91. The van der Waals surface area contributed by atoms with Gasteiger partial charge in [0.1, 0.15) is 0 Å². The Morgan fingerprint density at radius 1 is 1.13 bits per heavy atom. The largest absolute Gasteiger partial charge is 0.341 e. The summed E-state index contributed by atoms with van der Waals surface area (Å²) in [6.45, 7) is 2.17. The van der Waals surface area contributed by atoms with E-state index in [1.54, 1.807) is 34.1 Å². The minimum Gasteiger partial charge on any atom is -0.341 e. The lowest BCUT2D eigenvalue weighted by molar-refractivity contribution is -0.131. The Bertz CT molecular complexity index is 1040. The summed E-state index contributed by atoms with van der Waals surface area (Å²) in [5, 5.41) is 9.35. The van der Waals surface area contributed by atoms with Crippen LogP contribution in [-0.2, 0) is 11.2 Å². The number of amides is 3. The Morgan fingerprint density at radius 2 is 1.97 bits per heavy atom. The molecule has 1 saturated heterocycles. The molecule has 1 aliphatic heterocycles. The number of hydrogen-bond acceptors (Lipinski definition) is 6. The molecule has 4 rings (SSSR count). The molecule has 162 valence electrons. The topological polar surface area (TPSA) is 91.6 Å². The van der Waals surface area contributed by atoms with Gasteiger partial charge in [-0.3, -0.25) is 4.79 Å². The Morgan fingerprint density at radius 3 is 2.77 bits per heavy atom. The molecular formula is C21H22ClN5O3S. The Kier molecular flexibility index (Phi) is 6.83. The monoisotopic (exact) mass is 459 g/mol. The number of urea groups is 1. The van der Waals surface area contributed by atoms with Crippen molar-refractivity contribution in [2.45, 2.75) is 19.3 Å². The SMILES string of the molecule is O=C(CCc1nc(-c2cccs2)no1)N1CCCN(C(=O)Nc2cccc(Cl)c2)CC1. The fraction of sp³-hybridized carbons (Fsp3) is 0.333. The van der Waals surface area contributed by atoms with Gasteiger partial charge >= 0.3 is 6.03 Å². The molecule has 0 aliphatic carbocycles. The predicted octanol–water partition coefficient (Wildman–Crippen LogP) is 4.15. The van der Waals surface area contributed by atoms with Crippen molar-refractivity contribution < 1.29 is 14.1 Å². The van der Waals surface area contributed by atoms with Crippen molar-refractivity contribution in [1.82, 2.24) is 19.9 Å². The average molecular weight is 460 g/mol. The summed E-state index contributed by atoms with van der Waals surface area (Å²) >= 11 is 7.51. The van der Waals surface area contributed by atoms with E-state index < -0.39 is 0 Å². The van der Waals surface area contributed by atoms with E-state index in [-0.39, 0.29) is 11.9 Å². The molecule has 0 spiro atoms. The van der Waals surface area contributed by atoms with Gasteiger partial charge in [0, 0.05) is 49.7 Å². The first-order valence-corrected chi connectivity index (χ1v) is 11.3. The van der Waals surface area contributed by atoms with E-state index in [2.05, 4.69) is 15.5 Å². The maximum absolute atomic E-state index is 12.7. The minimum atomic E-state index is -0.191. The van der Waals surface area contributed by atoms with Gasteiger partial charge in [0.25, 0.3) is 0 Å². The van der Waals surface area contributed by atoms with Crippen LogP contribution < -0.4 is 5.32 Å². The molecule has 2 aromatic heterocycles. The van der Waals surface area contributed by atoms with Crippen LogP contribution in [0, 0.1) is 0 Å². The number of nitrogens with zero attached hydrogens (tertiary/aromatic N) is 4. The number of nitrogens with one attached hydrogen (secondary N) is 1. The zero-order valence-electron chi connectivity index (χ0n) is 16.8. The number of aryl methyl sites for hydroxylation is 1. The van der Waals surface area contributed by atoms with E-state index in [9.17, 15) is 9.59 Å². The number of carbonyl (C=O) groups excluding carboxylic acids is 2. The molecule has 0 unspecified atom stereocenters. The molecule has 0 saturated carbocycles. The number of anilines is 1. The van der Waals surface area contributed by atoms with Gasteiger partial charge in [0.2, 0.25) is 17.6 Å². The van der Waals surface area contributed by atoms with Gasteiger partial charge in [0.05, 0.1) is 4.88 Å². The smallest absolute Gasteiger partial charge is 0.321 e. The second-order valence-corrected chi connectivity index (χ2v) is 8.54. The van der Waals surface area contributed by atoms with Crippen LogP contribution in [0.2, 0.25) is 5.02 Å². The molecule has 0 atom stereocenters. The highest BCUT2D eigenvalue weighted by atomic mass is 35.5. The summed E-state index contributed by atoms with van der Waals surface area (Å²) in [6.07, 6.45) is 1.41. The number of rotatable bonds is 5. The number of thiophene rings is 1. The zero-order valence-corrected chi connectivity index (χ0v) is 18.4. The van der Waals surface area contributed by atoms with Crippen LogP contribution >= 0.6 is 22.9 Å². The molecule has 3 amide bonds. The molecule has 3 aromatic rings. The molecule has 10 heteroatoms. The zero-order chi connectivity index (χ0) is 21.6. The fourth-order valence-corrected chi connectivity index (χ4v) is 4.21. The van der Waals surface area contributed by atoms with Crippen LogP contribution in [0.5, 0.6) is 0 Å². The van der Waals surface area contributed by atoms with E-state index in [4.69, 9.17) is 16.1 Å². The van der Waals surface area contributed by atoms with Crippen LogP contribution in [0.4, 0.5) is 10.5 Å². The number of hydrogen-bond donors (Lipinski definition) is 1. The van der Waals surface area contributed by atoms with E-state index in [1.807, 2.05) is 17.5 Å². The standard InChI is InChI=1S/C21H22ClN5O3S/c22-15-4-1-5-16(14-15)23-21(29)27-10-3-9-26(11-12-27)19(28)8-7-18-24-20(25-30-18)17-6-2-13-31-17/h1-2,4-6,13-14H,3,7-12H2,(H,23,29). The van der Waals surface area contributed by atoms with Gasteiger partial charge in [0.15, 0.2) is 0 Å². The third-order valence-corrected chi connectivity index (χ3v) is 6.07. The van der Waals surface area contributed by atoms with Crippen LogP contribution in [0.15, 0.2) is 46.3 Å². The first-order chi connectivity index (χ1) is 15.1. The summed E-state index contributed by atoms with van der Waals surface area (Å²) in [4.78, 5) is 34.0. The Balaban J connectivity index is 1.26. The normalized spacial score (nSPS) is 14.4. The molecular weight excluding hydrogens is 438 g/mol. The lowest BCUT2D eigenvalue weighted by Crippen LogP contribution is -2.39. The van der Waals surface area contributed by atoms with E-state index >= 15 is 0 Å². The number of carbonyl (C=O) groups is 2. The number of halogens is 1. The highest BCUT2D eigenvalue weighted by Gasteiger charge is 2.22. The molecule has 1 aliphatic rings. The highest BCUT2D eigenvalue weighted by molar-refractivity contribution is 7.13. The third kappa shape index (κ3) is 5.62. The van der Waals surface area contributed by atoms with Crippen LogP contribution in [0.1, 0.15) is 18.7 Å². The average Bonchev–Trinajstić information content (AvgIpc) is 3.39. The second-order valence-electron chi connectivity index (χ2n) is 7.15. The summed E-state index contributed by atoms with van der Waals surface area (Å²) in [7, 11) is 0. The third-order valence-electron chi connectivity index (χ3n) is 4.97. The van der Waals surface area contributed by atoms with Gasteiger partial charge in [-0.2, -0.15) is 4.98 Å². The minimum absolute atomic E-state index is 0.0213. The summed E-state index contributed by atoms with van der Waals surface area (Å²) in [5.74, 6) is 1.02. The maximum Gasteiger partial charge on any atom is 0.321 e. The van der Waals surface area contributed by atoms with Gasteiger partial charge in [-0.05, 0) is 36.1 Å². The number of aromatic nitrogens is 2. The van der Waals surface area contributed by atoms with Crippen LogP contribution in [0.25, 0.3) is 10.7 Å². The van der Waals surface area contributed by atoms with Gasteiger partial charge < -0.3 is 19.6 Å². The van der Waals surface area contributed by atoms with Crippen molar-refractivity contribution in [2.75, 3.05) is 31.5 Å². The van der Waals surface area contributed by atoms with Crippen molar-refractivity contribution >= 4 is 40.6 Å². The molecule has 3 heterocycles. The quantitative estimate of drug-likeness (QED) is 0.618. The lowest BCUT2D eigenvalue weighted by Gasteiger charge is -2.22. The second kappa shape index (κ2) is 9.93. The molecule has 1 fully saturated rings. The van der Waals surface area contributed by atoms with Crippen molar-refractivity contribution in [3.05, 3.63) is 52.7 Å². The van der Waals surface area contributed by atoms with E-state index in [0.717, 1.165) is 11.3 Å². The fourth-order valence-electron chi connectivity index (χ4n) is 3.37. The maximum atomic E-state index is 12.7. The van der Waals surface area contributed by atoms with Crippen LogP contribution in [0.3, 0.4) is 0 Å². The first-order valence-electron chi connectivity index (χ1n) is 10.0. The van der Waals surface area contributed by atoms with Crippen molar-refractivity contribution in [2.24, 2.45) is 0 Å². The van der Waals surface area contributed by atoms with Gasteiger partial charge in [-0.15, -0.1) is 11.3 Å². The summed E-state index contributed by atoms with van der Waals surface area (Å²) < 4.78 is 5.27. The van der Waals surface area contributed by atoms with Crippen molar-refractivity contribution in [3.8, 4) is 10.7 Å². The van der Waals surface area contributed by atoms with Gasteiger partial charge in [-0.25, -0.2) is 4.79 Å². The molecule has 31 heavy (non-hydrogen) atoms. The summed E-state index contributed by atoms with van der Waals surface area (Å²) in [5.41, 5.74) is 0.649. The highest BCUT2D eigenvalue weighted by Crippen LogP contribution is 2.21.